The molecule has 1 aliphatic rings. The third-order valence-electron chi connectivity index (χ3n) is 4.61. The Kier molecular flexibility index (Phi) is 4.78. The second kappa shape index (κ2) is 7.45. The molecule has 0 bridgehead atoms. The molecule has 0 aliphatic carbocycles. The summed E-state index contributed by atoms with van der Waals surface area (Å²) in [6.45, 7) is 0.556. The number of pyridine rings is 1. The highest BCUT2D eigenvalue weighted by molar-refractivity contribution is 14.1. The summed E-state index contributed by atoms with van der Waals surface area (Å²) in [5.41, 5.74) is 3.06. The van der Waals surface area contributed by atoms with Crippen molar-refractivity contribution in [3.63, 3.8) is 0 Å². The maximum absolute atomic E-state index is 14.3. The van der Waals surface area contributed by atoms with Crippen LogP contribution in [0.25, 0.3) is 27.0 Å². The molecule has 0 unspecified atom stereocenters. The number of fused-ring (bicyclic) bond motifs is 3. The van der Waals surface area contributed by atoms with Gasteiger partial charge in [-0.2, -0.15) is 5.10 Å². The number of halogens is 3. The van der Waals surface area contributed by atoms with E-state index >= 15 is 0 Å². The van der Waals surface area contributed by atoms with Crippen LogP contribution in [-0.2, 0) is 10.8 Å². The van der Waals surface area contributed by atoms with E-state index in [1.807, 2.05) is 18.2 Å². The van der Waals surface area contributed by atoms with Crippen molar-refractivity contribution in [1.82, 2.24) is 19.7 Å². The summed E-state index contributed by atoms with van der Waals surface area (Å²) in [7, 11) is 0. The Hall–Kier alpha value is -2.40. The lowest BCUT2D eigenvalue weighted by Gasteiger charge is -2.08. The molecule has 3 aromatic heterocycles. The minimum absolute atomic E-state index is 0.150. The first-order valence-corrected chi connectivity index (χ1v) is 11.2. The molecule has 1 aromatic carbocycles. The number of hydrogen-bond acceptors (Lipinski definition) is 5. The van der Waals surface area contributed by atoms with Crippen LogP contribution in [0, 0.1) is 11.6 Å². The van der Waals surface area contributed by atoms with Gasteiger partial charge in [-0.3, -0.25) is 0 Å². The summed E-state index contributed by atoms with van der Waals surface area (Å²) < 4.78 is 35.7. The third-order valence-corrected chi connectivity index (χ3v) is 6.57. The van der Waals surface area contributed by atoms with Crippen LogP contribution < -0.4 is 4.74 Å². The van der Waals surface area contributed by atoms with Gasteiger partial charge in [0, 0.05) is 16.9 Å². The Labute approximate surface area is 182 Å². The lowest BCUT2D eigenvalue weighted by atomic mass is 10.1. The predicted molar refractivity (Wildman–Crippen MR) is 115 cm³/mol. The van der Waals surface area contributed by atoms with Crippen molar-refractivity contribution in [2.24, 2.45) is 0 Å². The van der Waals surface area contributed by atoms with Crippen LogP contribution in [0.3, 0.4) is 0 Å². The van der Waals surface area contributed by atoms with Gasteiger partial charge in [0.15, 0.2) is 11.6 Å². The average Bonchev–Trinajstić information content (AvgIpc) is 3.32. The monoisotopic (exact) mass is 522 g/mol. The minimum atomic E-state index is -0.693. The van der Waals surface area contributed by atoms with Gasteiger partial charge in [-0.05, 0) is 35.9 Å². The highest BCUT2D eigenvalue weighted by Gasteiger charge is 2.23. The van der Waals surface area contributed by atoms with Crippen molar-refractivity contribution >= 4 is 33.9 Å². The standard InChI is InChI=1S/C20H13F2IN4OS/c21-12-1-3-15(14(22)8-12)27-20(24-10-25-27)17-7-11-5-6-28-16-4-2-13(9-23)26-18(16)19(11)29-17/h1-4,7-8,10H,5-6,9H2. The molecule has 4 aromatic rings. The number of benzene rings is 1. The van der Waals surface area contributed by atoms with E-state index in [4.69, 9.17) is 9.72 Å². The normalized spacial score (nSPS) is 12.8. The fraction of sp³-hybridized carbons (Fsp3) is 0.150. The second-order valence-corrected chi connectivity index (χ2v) is 8.25. The molecule has 4 heterocycles. The molecule has 5 nitrogen and oxygen atoms in total. The van der Waals surface area contributed by atoms with Gasteiger partial charge in [0.05, 0.1) is 22.1 Å². The van der Waals surface area contributed by atoms with Crippen molar-refractivity contribution in [2.45, 2.75) is 10.8 Å². The molecule has 0 fully saturated rings. The number of alkyl halides is 1. The molecule has 1 aliphatic heterocycles. The van der Waals surface area contributed by atoms with E-state index in [1.54, 1.807) is 0 Å². The Morgan fingerprint density at radius 2 is 2.07 bits per heavy atom. The quantitative estimate of drug-likeness (QED) is 0.274. The van der Waals surface area contributed by atoms with E-state index in [9.17, 15) is 8.78 Å². The summed E-state index contributed by atoms with van der Waals surface area (Å²) in [6.07, 6.45) is 2.10. The molecule has 0 atom stereocenters. The largest absolute Gasteiger partial charge is 0.491 e. The molecule has 0 saturated carbocycles. The van der Waals surface area contributed by atoms with Crippen molar-refractivity contribution in [1.29, 1.82) is 0 Å². The van der Waals surface area contributed by atoms with Crippen LogP contribution in [0.5, 0.6) is 5.75 Å². The van der Waals surface area contributed by atoms with Crippen molar-refractivity contribution < 1.29 is 13.5 Å². The summed E-state index contributed by atoms with van der Waals surface area (Å²) in [5, 5.41) is 4.16. The second-order valence-electron chi connectivity index (χ2n) is 6.44. The number of rotatable bonds is 3. The maximum atomic E-state index is 14.3. The van der Waals surface area contributed by atoms with Gasteiger partial charge in [0.25, 0.3) is 0 Å². The fourth-order valence-electron chi connectivity index (χ4n) is 3.28. The van der Waals surface area contributed by atoms with E-state index in [-0.39, 0.29) is 5.69 Å². The minimum Gasteiger partial charge on any atom is -0.491 e. The van der Waals surface area contributed by atoms with Crippen molar-refractivity contribution in [2.75, 3.05) is 6.61 Å². The summed E-state index contributed by atoms with van der Waals surface area (Å²) in [4.78, 5) is 11.0. The van der Waals surface area contributed by atoms with Crippen LogP contribution in [0.4, 0.5) is 8.78 Å². The summed E-state index contributed by atoms with van der Waals surface area (Å²) in [5.74, 6) is -0.0654. The predicted octanol–water partition coefficient (Wildman–Crippen LogP) is 5.21. The number of thiophene rings is 1. The summed E-state index contributed by atoms with van der Waals surface area (Å²) >= 11 is 3.80. The van der Waals surface area contributed by atoms with Gasteiger partial charge in [0.1, 0.15) is 29.3 Å². The molecular formula is C20H13F2IN4OS. The molecule has 0 amide bonds. The lowest BCUT2D eigenvalue weighted by molar-refractivity contribution is 0.325. The lowest BCUT2D eigenvalue weighted by Crippen LogP contribution is -2.02. The van der Waals surface area contributed by atoms with Gasteiger partial charge >= 0.3 is 0 Å². The van der Waals surface area contributed by atoms with Crippen LogP contribution in [-0.4, -0.2) is 26.4 Å². The summed E-state index contributed by atoms with van der Waals surface area (Å²) in [6, 6.07) is 9.36. The van der Waals surface area contributed by atoms with E-state index < -0.39 is 11.6 Å². The molecule has 146 valence electrons. The van der Waals surface area contributed by atoms with E-state index in [0.717, 1.165) is 49.4 Å². The Balaban J connectivity index is 1.64. The molecule has 5 rings (SSSR count). The molecule has 0 saturated heterocycles. The SMILES string of the molecule is Fc1ccc(-n2ncnc2-c2cc3c(s2)-c2nc(CI)ccc2OCC3)c(F)c1. The average molecular weight is 522 g/mol. The number of hydrogen-bond donors (Lipinski definition) is 0. The van der Waals surface area contributed by atoms with Crippen molar-refractivity contribution in [3.05, 3.63) is 65.6 Å². The molecule has 0 spiro atoms. The van der Waals surface area contributed by atoms with Gasteiger partial charge in [-0.15, -0.1) is 11.3 Å². The zero-order chi connectivity index (χ0) is 20.0. The van der Waals surface area contributed by atoms with Gasteiger partial charge < -0.3 is 4.74 Å². The van der Waals surface area contributed by atoms with Crippen LogP contribution in [0.1, 0.15) is 11.3 Å². The highest BCUT2D eigenvalue weighted by atomic mass is 127. The van der Waals surface area contributed by atoms with Crippen LogP contribution in [0.15, 0.2) is 42.7 Å². The molecule has 0 radical (unpaired) electrons. The third kappa shape index (κ3) is 3.31. The molecule has 0 N–H and O–H groups in total. The Bertz CT molecular complexity index is 1220. The first kappa shape index (κ1) is 18.6. The Morgan fingerprint density at radius 3 is 2.90 bits per heavy atom. The van der Waals surface area contributed by atoms with E-state index in [0.29, 0.717) is 12.4 Å². The van der Waals surface area contributed by atoms with E-state index in [1.165, 1.54) is 34.5 Å². The number of nitrogens with zero attached hydrogens (tertiary/aromatic N) is 4. The van der Waals surface area contributed by atoms with E-state index in [2.05, 4.69) is 32.7 Å². The highest BCUT2D eigenvalue weighted by Crippen LogP contribution is 2.42. The molecule has 9 heteroatoms. The topological polar surface area (TPSA) is 52.8 Å². The first-order valence-electron chi connectivity index (χ1n) is 8.81. The zero-order valence-corrected chi connectivity index (χ0v) is 17.9. The van der Waals surface area contributed by atoms with Crippen molar-refractivity contribution in [3.8, 4) is 32.7 Å². The molecule has 29 heavy (non-hydrogen) atoms. The van der Waals surface area contributed by atoms with Gasteiger partial charge in [-0.25, -0.2) is 23.4 Å². The Morgan fingerprint density at radius 1 is 1.17 bits per heavy atom. The first-order chi connectivity index (χ1) is 14.1. The molecular weight excluding hydrogens is 509 g/mol. The van der Waals surface area contributed by atoms with Crippen LogP contribution in [0.2, 0.25) is 0 Å². The van der Waals surface area contributed by atoms with Crippen LogP contribution >= 0.6 is 33.9 Å². The fourth-order valence-corrected chi connectivity index (χ4v) is 4.89. The van der Waals surface area contributed by atoms with Gasteiger partial charge in [0.2, 0.25) is 0 Å². The number of ether oxygens (including phenoxy) is 1. The van der Waals surface area contributed by atoms with Gasteiger partial charge in [-0.1, -0.05) is 22.6 Å². The number of aromatic nitrogens is 4. The smallest absolute Gasteiger partial charge is 0.173 e. The zero-order valence-electron chi connectivity index (χ0n) is 14.9. The maximum Gasteiger partial charge on any atom is 0.173 e.